The average Bonchev–Trinajstić information content (AvgIpc) is 2.42. The summed E-state index contributed by atoms with van der Waals surface area (Å²) in [4.78, 5) is 17.9. The Hall–Kier alpha value is -1.07. The molecule has 0 saturated heterocycles. The summed E-state index contributed by atoms with van der Waals surface area (Å²) in [6.07, 6.45) is 0. The van der Waals surface area contributed by atoms with Crippen molar-refractivity contribution in [2.24, 2.45) is 0 Å². The van der Waals surface area contributed by atoms with Gasteiger partial charge in [-0.05, 0) is 23.7 Å². The molecule has 0 unspecified atom stereocenters. The fourth-order valence-corrected chi connectivity index (χ4v) is 1.85. The van der Waals surface area contributed by atoms with Gasteiger partial charge in [-0.2, -0.15) is 0 Å². The Labute approximate surface area is 92.6 Å². The number of carbonyl (C=O) groups is 1. The molecule has 2 rings (SSSR count). The Morgan fingerprint density at radius 3 is 2.93 bits per heavy atom. The normalized spacial score (nSPS) is 10.7. The molecule has 6 heteroatoms. The highest BCUT2D eigenvalue weighted by atomic mass is 79.9. The smallest absolute Gasteiger partial charge is 0.254 e. The number of hydrogen-bond acceptors (Lipinski definition) is 3. The molecule has 0 bridgehead atoms. The van der Waals surface area contributed by atoms with Crippen LogP contribution in [0.1, 0.15) is 10.4 Å². The lowest BCUT2D eigenvalue weighted by molar-refractivity contribution is 0.108. The molecule has 0 fully saturated rings. The summed E-state index contributed by atoms with van der Waals surface area (Å²) in [5.41, 5.74) is 6.98. The molecule has 14 heavy (non-hydrogen) atoms. The Balaban J connectivity index is 2.85. The largest absolute Gasteiger partial charge is 0.369 e. The van der Waals surface area contributed by atoms with Crippen molar-refractivity contribution in [3.63, 3.8) is 0 Å². The molecule has 1 aromatic carbocycles. The lowest BCUT2D eigenvalue weighted by Gasteiger charge is -1.96. The van der Waals surface area contributed by atoms with Crippen molar-refractivity contribution in [1.29, 1.82) is 0 Å². The number of anilines is 1. The third-order valence-electron chi connectivity index (χ3n) is 1.78. The first-order chi connectivity index (χ1) is 6.58. The van der Waals surface area contributed by atoms with E-state index >= 15 is 0 Å². The molecular formula is C8H5BrClN3O. The van der Waals surface area contributed by atoms with E-state index in [2.05, 4.69) is 25.9 Å². The van der Waals surface area contributed by atoms with E-state index < -0.39 is 5.24 Å². The number of nitrogens with one attached hydrogen (secondary N) is 1. The van der Waals surface area contributed by atoms with Gasteiger partial charge in [0.1, 0.15) is 5.52 Å². The standard InChI is InChI=1S/C8H5BrClN3O/c9-3-1-4(7(10)14)6-5(2-3)12-8(11)13-6/h1-2H,(H3,11,12,13). The number of aromatic amines is 1. The number of rotatable bonds is 1. The van der Waals surface area contributed by atoms with Crippen LogP contribution in [0.2, 0.25) is 0 Å². The number of aromatic nitrogens is 2. The molecule has 0 amide bonds. The SMILES string of the molecule is Nc1nc2c(C(=O)Cl)cc(Br)cc2[nH]1. The minimum absolute atomic E-state index is 0.261. The molecule has 2 aromatic rings. The molecule has 0 aliphatic rings. The Bertz CT molecular complexity index is 523. The van der Waals surface area contributed by atoms with Gasteiger partial charge >= 0.3 is 0 Å². The molecule has 3 N–H and O–H groups in total. The number of imidazole rings is 1. The summed E-state index contributed by atoms with van der Waals surface area (Å²) < 4.78 is 0.748. The fraction of sp³-hybridized carbons (Fsp3) is 0. The number of hydrogen-bond donors (Lipinski definition) is 2. The summed E-state index contributed by atoms with van der Waals surface area (Å²) >= 11 is 8.67. The van der Waals surface area contributed by atoms with Gasteiger partial charge in [0.25, 0.3) is 5.24 Å². The molecule has 1 aromatic heterocycles. The van der Waals surface area contributed by atoms with Gasteiger partial charge in [-0.25, -0.2) is 4.98 Å². The van der Waals surface area contributed by atoms with Crippen molar-refractivity contribution in [3.05, 3.63) is 22.2 Å². The van der Waals surface area contributed by atoms with Gasteiger partial charge in [0.2, 0.25) is 0 Å². The first-order valence-corrected chi connectivity index (χ1v) is 4.89. The average molecular weight is 275 g/mol. The van der Waals surface area contributed by atoms with Crippen molar-refractivity contribution in [2.75, 3.05) is 5.73 Å². The Morgan fingerprint density at radius 2 is 2.29 bits per heavy atom. The summed E-state index contributed by atoms with van der Waals surface area (Å²) in [7, 11) is 0. The highest BCUT2D eigenvalue weighted by molar-refractivity contribution is 9.10. The lowest BCUT2D eigenvalue weighted by Crippen LogP contribution is -1.91. The maximum atomic E-state index is 11.1. The van der Waals surface area contributed by atoms with E-state index in [1.165, 1.54) is 0 Å². The van der Waals surface area contributed by atoms with Crippen molar-refractivity contribution in [2.45, 2.75) is 0 Å². The highest BCUT2D eigenvalue weighted by Gasteiger charge is 2.12. The number of nitrogen functional groups attached to an aromatic ring is 1. The van der Waals surface area contributed by atoms with E-state index in [-0.39, 0.29) is 5.95 Å². The Kier molecular flexibility index (Phi) is 2.20. The van der Waals surface area contributed by atoms with Crippen LogP contribution in [0.5, 0.6) is 0 Å². The van der Waals surface area contributed by atoms with Crippen LogP contribution in [0, 0.1) is 0 Å². The monoisotopic (exact) mass is 273 g/mol. The van der Waals surface area contributed by atoms with Gasteiger partial charge in [-0.1, -0.05) is 15.9 Å². The topological polar surface area (TPSA) is 71.8 Å². The van der Waals surface area contributed by atoms with Crippen molar-refractivity contribution in [3.8, 4) is 0 Å². The zero-order valence-electron chi connectivity index (χ0n) is 6.84. The van der Waals surface area contributed by atoms with Gasteiger partial charge in [-0.3, -0.25) is 4.79 Å². The molecule has 0 aliphatic carbocycles. The first kappa shape index (κ1) is 9.48. The van der Waals surface area contributed by atoms with Crippen LogP contribution in [0.15, 0.2) is 16.6 Å². The zero-order chi connectivity index (χ0) is 10.3. The zero-order valence-corrected chi connectivity index (χ0v) is 9.19. The van der Waals surface area contributed by atoms with Crippen LogP contribution < -0.4 is 5.73 Å². The van der Waals surface area contributed by atoms with E-state index in [4.69, 9.17) is 17.3 Å². The van der Waals surface area contributed by atoms with Crippen LogP contribution >= 0.6 is 27.5 Å². The molecule has 0 saturated carbocycles. The van der Waals surface area contributed by atoms with Crippen LogP contribution in [0.4, 0.5) is 5.95 Å². The molecular weight excluding hydrogens is 269 g/mol. The van der Waals surface area contributed by atoms with E-state index in [0.717, 1.165) is 4.47 Å². The van der Waals surface area contributed by atoms with Gasteiger partial charge in [-0.15, -0.1) is 0 Å². The van der Waals surface area contributed by atoms with E-state index in [9.17, 15) is 4.79 Å². The molecule has 72 valence electrons. The maximum Gasteiger partial charge on any atom is 0.254 e. The van der Waals surface area contributed by atoms with E-state index in [1.807, 2.05) is 0 Å². The van der Waals surface area contributed by atoms with Gasteiger partial charge in [0, 0.05) is 4.47 Å². The predicted molar refractivity (Wildman–Crippen MR) is 58.4 cm³/mol. The number of H-pyrrole nitrogens is 1. The summed E-state index contributed by atoms with van der Waals surface area (Å²) in [5.74, 6) is 0.261. The van der Waals surface area contributed by atoms with E-state index in [1.54, 1.807) is 12.1 Å². The molecule has 4 nitrogen and oxygen atoms in total. The minimum atomic E-state index is -0.553. The highest BCUT2D eigenvalue weighted by Crippen LogP contribution is 2.24. The summed E-state index contributed by atoms with van der Waals surface area (Å²) in [6, 6.07) is 3.39. The molecule has 0 radical (unpaired) electrons. The van der Waals surface area contributed by atoms with Crippen LogP contribution in [-0.2, 0) is 0 Å². The third-order valence-corrected chi connectivity index (χ3v) is 2.44. The quantitative estimate of drug-likeness (QED) is 0.784. The minimum Gasteiger partial charge on any atom is -0.369 e. The second-order valence-corrected chi connectivity index (χ2v) is 4.00. The molecule has 0 spiro atoms. The lowest BCUT2D eigenvalue weighted by atomic mass is 10.2. The number of halogens is 2. The summed E-state index contributed by atoms with van der Waals surface area (Å²) in [5, 5.41) is -0.553. The third kappa shape index (κ3) is 1.49. The predicted octanol–water partition coefficient (Wildman–Crippen LogP) is 2.29. The number of nitrogens with zero attached hydrogens (tertiary/aromatic N) is 1. The molecule has 0 atom stereocenters. The van der Waals surface area contributed by atoms with Crippen molar-refractivity contribution >= 4 is 49.8 Å². The Morgan fingerprint density at radius 1 is 1.57 bits per heavy atom. The molecule has 0 aliphatic heterocycles. The second kappa shape index (κ2) is 3.25. The maximum absolute atomic E-state index is 11.1. The van der Waals surface area contributed by atoms with Crippen LogP contribution in [0.25, 0.3) is 11.0 Å². The number of nitrogens with two attached hydrogens (primary N) is 1. The number of benzene rings is 1. The van der Waals surface area contributed by atoms with Crippen molar-refractivity contribution < 1.29 is 4.79 Å². The summed E-state index contributed by atoms with van der Waals surface area (Å²) in [6.45, 7) is 0. The second-order valence-electron chi connectivity index (χ2n) is 2.75. The van der Waals surface area contributed by atoms with Gasteiger partial charge in [0.15, 0.2) is 5.95 Å². The van der Waals surface area contributed by atoms with Crippen LogP contribution in [-0.4, -0.2) is 15.2 Å². The molecule has 1 heterocycles. The van der Waals surface area contributed by atoms with Gasteiger partial charge < -0.3 is 10.7 Å². The number of fused-ring (bicyclic) bond motifs is 1. The number of carbonyl (C=O) groups excluding carboxylic acids is 1. The first-order valence-electron chi connectivity index (χ1n) is 3.72. The van der Waals surface area contributed by atoms with E-state index in [0.29, 0.717) is 16.6 Å². The van der Waals surface area contributed by atoms with Gasteiger partial charge in [0.05, 0.1) is 11.1 Å². The van der Waals surface area contributed by atoms with Crippen molar-refractivity contribution in [1.82, 2.24) is 9.97 Å². The fourth-order valence-electron chi connectivity index (χ4n) is 1.25. The van der Waals surface area contributed by atoms with Crippen LogP contribution in [0.3, 0.4) is 0 Å².